The molecule has 0 amide bonds. The number of piperazine rings is 1. The van der Waals surface area contributed by atoms with Gasteiger partial charge < -0.3 is 19.9 Å². The Morgan fingerprint density at radius 1 is 1.15 bits per heavy atom. The van der Waals surface area contributed by atoms with E-state index in [4.69, 9.17) is 14.7 Å². The second-order valence-electron chi connectivity index (χ2n) is 7.71. The second kappa shape index (κ2) is 14.0. The molecule has 1 aliphatic rings. The summed E-state index contributed by atoms with van der Waals surface area (Å²) in [5, 5.41) is 3.40. The first kappa shape index (κ1) is 26.8. The Labute approximate surface area is 204 Å². The third-order valence-electron chi connectivity index (χ3n) is 5.23. The van der Waals surface area contributed by atoms with Crippen molar-refractivity contribution in [3.05, 3.63) is 41.3 Å². The number of methoxy groups -OCH3 is 1. The molecule has 1 aliphatic heterocycles. The van der Waals surface area contributed by atoms with E-state index in [2.05, 4.69) is 34.4 Å². The van der Waals surface area contributed by atoms with Crippen LogP contribution in [-0.4, -0.2) is 75.1 Å². The highest BCUT2D eigenvalue weighted by molar-refractivity contribution is 8.02. The minimum absolute atomic E-state index is 0.769. The summed E-state index contributed by atoms with van der Waals surface area (Å²) in [6, 6.07) is 9.83. The average Bonchev–Trinajstić information content (AvgIpc) is 2.85. The highest BCUT2D eigenvalue weighted by Crippen LogP contribution is 2.25. The molecule has 1 aromatic carbocycles. The molecule has 0 spiro atoms. The number of allylic oxidation sites excluding steroid dienone is 1. The van der Waals surface area contributed by atoms with E-state index in [9.17, 15) is 0 Å². The molecule has 0 saturated carbocycles. The Kier molecular flexibility index (Phi) is 11.3. The van der Waals surface area contributed by atoms with Crippen LogP contribution in [-0.2, 0) is 0 Å². The summed E-state index contributed by atoms with van der Waals surface area (Å²) in [6.45, 7) is 11.1. The molecule has 1 N–H and O–H groups in total. The summed E-state index contributed by atoms with van der Waals surface area (Å²) in [5.41, 5.74) is 0.936. The average molecular weight is 473 g/mol. The second-order valence-corrected chi connectivity index (χ2v) is 8.64. The molecule has 0 radical (unpaired) electrons. The smallest absolute Gasteiger partial charge is 0.229 e. The van der Waals surface area contributed by atoms with E-state index < -0.39 is 0 Å². The third-order valence-corrected chi connectivity index (χ3v) is 6.05. The standard InChI is InChI=1S/C23H34N6OS.C2H6/c1-6-8-20(31-5)17-28-11-13-29(14-12-28)23-25-21(16-22(26-23)27(2)3)24-18-9-7-10-19(15-18)30-4;1-2/h7-10,15-16H,6,11-14,17H2,1-5H3,(H,24,25,26);1-2H3/b20-8-;. The quantitative estimate of drug-likeness (QED) is 0.541. The van der Waals surface area contributed by atoms with Crippen LogP contribution in [0.5, 0.6) is 5.75 Å². The zero-order valence-electron chi connectivity index (χ0n) is 21.3. The number of nitrogens with one attached hydrogen (secondary N) is 1. The first-order chi connectivity index (χ1) is 16.0. The van der Waals surface area contributed by atoms with Crippen LogP contribution in [0, 0.1) is 0 Å². The van der Waals surface area contributed by atoms with Crippen molar-refractivity contribution in [1.82, 2.24) is 14.9 Å². The zero-order chi connectivity index (χ0) is 24.2. The lowest BCUT2D eigenvalue weighted by molar-refractivity contribution is 0.281. The van der Waals surface area contributed by atoms with E-state index in [0.717, 1.165) is 68.2 Å². The number of hydrogen-bond acceptors (Lipinski definition) is 8. The van der Waals surface area contributed by atoms with Gasteiger partial charge in [0.2, 0.25) is 5.95 Å². The predicted octanol–water partition coefficient (Wildman–Crippen LogP) is 5.10. The molecule has 0 bridgehead atoms. The third kappa shape index (κ3) is 8.12. The van der Waals surface area contributed by atoms with Gasteiger partial charge in [0.1, 0.15) is 17.4 Å². The van der Waals surface area contributed by atoms with Gasteiger partial charge in [-0.3, -0.25) is 4.90 Å². The van der Waals surface area contributed by atoms with Crippen LogP contribution in [0.2, 0.25) is 0 Å². The summed E-state index contributed by atoms with van der Waals surface area (Å²) in [4.78, 5) is 17.9. The Morgan fingerprint density at radius 3 is 2.48 bits per heavy atom. The lowest BCUT2D eigenvalue weighted by Crippen LogP contribution is -2.47. The highest BCUT2D eigenvalue weighted by Gasteiger charge is 2.21. The van der Waals surface area contributed by atoms with Crippen LogP contribution in [0.3, 0.4) is 0 Å². The minimum atomic E-state index is 0.769. The molecule has 182 valence electrons. The predicted molar refractivity (Wildman–Crippen MR) is 145 cm³/mol. The van der Waals surface area contributed by atoms with Crippen molar-refractivity contribution in [3.8, 4) is 5.75 Å². The first-order valence-corrected chi connectivity index (χ1v) is 12.9. The van der Waals surface area contributed by atoms with Crippen LogP contribution < -0.4 is 19.9 Å². The first-order valence-electron chi connectivity index (χ1n) is 11.7. The lowest BCUT2D eigenvalue weighted by atomic mass is 10.3. The maximum Gasteiger partial charge on any atom is 0.229 e. The van der Waals surface area contributed by atoms with Gasteiger partial charge in [0.05, 0.1) is 7.11 Å². The summed E-state index contributed by atoms with van der Waals surface area (Å²) in [5.74, 6) is 3.24. The Bertz CT molecular complexity index is 881. The Balaban J connectivity index is 0.00000187. The van der Waals surface area contributed by atoms with Gasteiger partial charge in [-0.05, 0) is 29.7 Å². The van der Waals surface area contributed by atoms with Gasteiger partial charge in [-0.1, -0.05) is 32.9 Å². The summed E-state index contributed by atoms with van der Waals surface area (Å²) < 4.78 is 5.33. The monoisotopic (exact) mass is 472 g/mol. The van der Waals surface area contributed by atoms with Crippen molar-refractivity contribution in [2.45, 2.75) is 27.2 Å². The van der Waals surface area contributed by atoms with Crippen molar-refractivity contribution in [3.63, 3.8) is 0 Å². The fraction of sp³-hybridized carbons (Fsp3) is 0.520. The van der Waals surface area contributed by atoms with E-state index in [1.165, 1.54) is 4.91 Å². The molecule has 0 unspecified atom stereocenters. The zero-order valence-corrected chi connectivity index (χ0v) is 22.1. The molecule has 2 aromatic rings. The van der Waals surface area contributed by atoms with Gasteiger partial charge in [-0.15, -0.1) is 11.8 Å². The number of rotatable bonds is 9. The number of benzene rings is 1. The molecule has 33 heavy (non-hydrogen) atoms. The maximum absolute atomic E-state index is 5.33. The SMILES string of the molecule is CC.CC/C=C(/CN1CCN(c2nc(Nc3cccc(OC)c3)cc(N(C)C)n2)CC1)SC. The Hall–Kier alpha value is -2.45. The number of anilines is 4. The van der Waals surface area contributed by atoms with E-state index in [1.807, 2.05) is 74.9 Å². The summed E-state index contributed by atoms with van der Waals surface area (Å²) in [6.07, 6.45) is 5.58. The molecule has 0 aliphatic carbocycles. The van der Waals surface area contributed by atoms with Crippen LogP contribution in [0.25, 0.3) is 0 Å². The van der Waals surface area contributed by atoms with Crippen molar-refractivity contribution in [1.29, 1.82) is 0 Å². The van der Waals surface area contributed by atoms with Gasteiger partial charge in [0, 0.05) is 64.6 Å². The molecule has 7 nitrogen and oxygen atoms in total. The maximum atomic E-state index is 5.33. The van der Waals surface area contributed by atoms with Crippen molar-refractivity contribution >= 4 is 35.0 Å². The fourth-order valence-electron chi connectivity index (χ4n) is 3.47. The van der Waals surface area contributed by atoms with Gasteiger partial charge in [-0.2, -0.15) is 9.97 Å². The lowest BCUT2D eigenvalue weighted by Gasteiger charge is -2.35. The number of hydrogen-bond donors (Lipinski definition) is 1. The minimum Gasteiger partial charge on any atom is -0.497 e. The number of thioether (sulfide) groups is 1. The number of aromatic nitrogens is 2. The highest BCUT2D eigenvalue weighted by atomic mass is 32.2. The number of nitrogens with zero attached hydrogens (tertiary/aromatic N) is 5. The molecule has 1 saturated heterocycles. The van der Waals surface area contributed by atoms with E-state index in [-0.39, 0.29) is 0 Å². The van der Waals surface area contributed by atoms with Crippen LogP contribution in [0.15, 0.2) is 41.3 Å². The molecule has 1 aromatic heterocycles. The van der Waals surface area contributed by atoms with Crippen LogP contribution in [0.4, 0.5) is 23.3 Å². The van der Waals surface area contributed by atoms with Crippen molar-refractivity contribution < 1.29 is 4.74 Å². The van der Waals surface area contributed by atoms with Crippen LogP contribution in [0.1, 0.15) is 27.2 Å². The van der Waals surface area contributed by atoms with Gasteiger partial charge in [0.15, 0.2) is 0 Å². The van der Waals surface area contributed by atoms with E-state index in [0.29, 0.717) is 0 Å². The largest absolute Gasteiger partial charge is 0.497 e. The van der Waals surface area contributed by atoms with Crippen molar-refractivity contribution in [2.75, 3.05) is 75.3 Å². The molecular formula is C25H40N6OS. The van der Waals surface area contributed by atoms with Crippen molar-refractivity contribution in [2.24, 2.45) is 0 Å². The Morgan fingerprint density at radius 2 is 1.88 bits per heavy atom. The summed E-state index contributed by atoms with van der Waals surface area (Å²) >= 11 is 1.85. The number of ether oxygens (including phenoxy) is 1. The molecular weight excluding hydrogens is 432 g/mol. The summed E-state index contributed by atoms with van der Waals surface area (Å²) in [7, 11) is 5.68. The molecule has 3 rings (SSSR count). The van der Waals surface area contributed by atoms with Gasteiger partial charge in [-0.25, -0.2) is 0 Å². The van der Waals surface area contributed by atoms with Gasteiger partial charge >= 0.3 is 0 Å². The topological polar surface area (TPSA) is 56.8 Å². The molecule has 2 heterocycles. The van der Waals surface area contributed by atoms with Crippen LogP contribution >= 0.6 is 11.8 Å². The molecule has 8 heteroatoms. The van der Waals surface area contributed by atoms with E-state index >= 15 is 0 Å². The van der Waals surface area contributed by atoms with Gasteiger partial charge in [0.25, 0.3) is 0 Å². The van der Waals surface area contributed by atoms with E-state index in [1.54, 1.807) is 7.11 Å². The fourth-order valence-corrected chi connectivity index (χ4v) is 4.12. The molecule has 0 atom stereocenters. The molecule has 1 fully saturated rings. The normalized spacial score (nSPS) is 14.4.